The van der Waals surface area contributed by atoms with Crippen LogP contribution >= 0.6 is 0 Å². The van der Waals surface area contributed by atoms with Crippen LogP contribution in [0.3, 0.4) is 0 Å². The number of amides is 1. The first-order chi connectivity index (χ1) is 11.6. The molecule has 0 aromatic carbocycles. The maximum Gasteiger partial charge on any atom is 0.314 e. The molecule has 7 nitrogen and oxygen atoms in total. The fourth-order valence-corrected chi connectivity index (χ4v) is 3.69. The van der Waals surface area contributed by atoms with Gasteiger partial charge < -0.3 is 9.80 Å². The Morgan fingerprint density at radius 3 is 2.71 bits per heavy atom. The van der Waals surface area contributed by atoms with E-state index in [0.29, 0.717) is 23.7 Å². The summed E-state index contributed by atoms with van der Waals surface area (Å²) in [7, 11) is 0. The smallest absolute Gasteiger partial charge is 0.314 e. The Labute approximate surface area is 141 Å². The van der Waals surface area contributed by atoms with Gasteiger partial charge in [0.1, 0.15) is 0 Å². The molecule has 24 heavy (non-hydrogen) atoms. The van der Waals surface area contributed by atoms with Crippen molar-refractivity contribution >= 4 is 17.4 Å². The Balaban J connectivity index is 1.62. The van der Waals surface area contributed by atoms with E-state index in [0.717, 1.165) is 51.9 Å². The van der Waals surface area contributed by atoms with Crippen molar-refractivity contribution in [3.8, 4) is 0 Å². The highest BCUT2D eigenvalue weighted by molar-refractivity contribution is 5.76. The second-order valence-electron chi connectivity index (χ2n) is 6.78. The predicted octanol–water partition coefficient (Wildman–Crippen LogP) is 2.53. The van der Waals surface area contributed by atoms with Gasteiger partial charge >= 0.3 is 5.69 Å². The molecule has 1 amide bonds. The van der Waals surface area contributed by atoms with Gasteiger partial charge in [0.2, 0.25) is 11.7 Å². The molecule has 7 heteroatoms. The third kappa shape index (κ3) is 3.49. The Morgan fingerprint density at radius 1 is 1.29 bits per heavy atom. The Kier molecular flexibility index (Phi) is 4.97. The molecule has 0 radical (unpaired) electrons. The fourth-order valence-electron chi connectivity index (χ4n) is 3.69. The number of piperidine rings is 2. The minimum absolute atomic E-state index is 0.113. The fraction of sp³-hybridized carbons (Fsp3) is 0.647. The zero-order valence-corrected chi connectivity index (χ0v) is 14.1. The molecule has 0 spiro atoms. The van der Waals surface area contributed by atoms with Crippen LogP contribution in [0.2, 0.25) is 0 Å². The van der Waals surface area contributed by atoms with Crippen molar-refractivity contribution in [3.05, 3.63) is 27.9 Å². The van der Waals surface area contributed by atoms with Crippen LogP contribution in [0.5, 0.6) is 0 Å². The number of hydrogen-bond acceptors (Lipinski definition) is 5. The van der Waals surface area contributed by atoms with E-state index in [1.165, 1.54) is 0 Å². The van der Waals surface area contributed by atoms with Crippen LogP contribution < -0.4 is 4.90 Å². The highest BCUT2D eigenvalue weighted by Crippen LogP contribution is 2.32. The highest BCUT2D eigenvalue weighted by Gasteiger charge is 2.29. The summed E-state index contributed by atoms with van der Waals surface area (Å²) in [6.07, 6.45) is 6.31. The van der Waals surface area contributed by atoms with E-state index in [-0.39, 0.29) is 16.5 Å². The van der Waals surface area contributed by atoms with Crippen LogP contribution in [0.1, 0.15) is 37.7 Å². The monoisotopic (exact) mass is 332 g/mol. The van der Waals surface area contributed by atoms with Crippen molar-refractivity contribution in [1.82, 2.24) is 9.88 Å². The van der Waals surface area contributed by atoms with Gasteiger partial charge in [0.15, 0.2) is 0 Å². The van der Waals surface area contributed by atoms with Crippen molar-refractivity contribution in [3.63, 3.8) is 0 Å². The van der Waals surface area contributed by atoms with Crippen LogP contribution in [0.25, 0.3) is 0 Å². The lowest BCUT2D eigenvalue weighted by Crippen LogP contribution is -2.43. The lowest BCUT2D eigenvalue weighted by molar-refractivity contribution is -0.384. The third-order valence-corrected chi connectivity index (χ3v) is 5.10. The van der Waals surface area contributed by atoms with Gasteiger partial charge in [-0.2, -0.15) is 0 Å². The molecule has 0 saturated carbocycles. The number of aromatic nitrogens is 1. The van der Waals surface area contributed by atoms with Gasteiger partial charge in [0, 0.05) is 44.4 Å². The van der Waals surface area contributed by atoms with Crippen LogP contribution in [0.4, 0.5) is 11.5 Å². The van der Waals surface area contributed by atoms with Crippen LogP contribution in [0.15, 0.2) is 12.3 Å². The van der Waals surface area contributed by atoms with Gasteiger partial charge in [-0.05, 0) is 44.6 Å². The van der Waals surface area contributed by atoms with Crippen molar-refractivity contribution in [1.29, 1.82) is 0 Å². The molecule has 2 aliphatic heterocycles. The number of nitro groups is 1. The van der Waals surface area contributed by atoms with Gasteiger partial charge in [-0.15, -0.1) is 0 Å². The van der Waals surface area contributed by atoms with Gasteiger partial charge in [0.05, 0.1) is 4.92 Å². The number of aryl methyl sites for hydroxylation is 1. The molecule has 1 aromatic heterocycles. The second kappa shape index (κ2) is 7.15. The lowest BCUT2D eigenvalue weighted by atomic mass is 9.95. The Morgan fingerprint density at radius 2 is 2.04 bits per heavy atom. The predicted molar refractivity (Wildman–Crippen MR) is 91.0 cm³/mol. The van der Waals surface area contributed by atoms with Gasteiger partial charge in [-0.25, -0.2) is 4.98 Å². The number of anilines is 1. The molecule has 0 aliphatic carbocycles. The standard InChI is InChI=1S/C17H24N4O3/c1-13-5-8-18-17(16(13)21(23)24)19-10-6-14(7-11-19)12-20-9-3-2-4-15(20)22/h5,8,14H,2-4,6-7,9-12H2,1H3. The number of rotatable bonds is 4. The molecule has 0 bridgehead atoms. The largest absolute Gasteiger partial charge is 0.351 e. The first-order valence-electron chi connectivity index (χ1n) is 8.69. The summed E-state index contributed by atoms with van der Waals surface area (Å²) in [5.74, 6) is 1.24. The van der Waals surface area contributed by atoms with Gasteiger partial charge in [-0.3, -0.25) is 14.9 Å². The molecule has 0 unspecified atom stereocenters. The number of carbonyl (C=O) groups excluding carboxylic acids is 1. The van der Waals surface area contributed by atoms with Gasteiger partial charge in [0.25, 0.3) is 0 Å². The average molecular weight is 332 g/mol. The van der Waals surface area contributed by atoms with Crippen molar-refractivity contribution < 1.29 is 9.72 Å². The molecular formula is C17H24N4O3. The zero-order valence-electron chi connectivity index (χ0n) is 14.1. The normalized spacial score (nSPS) is 19.6. The number of pyridine rings is 1. The van der Waals surface area contributed by atoms with E-state index in [9.17, 15) is 14.9 Å². The van der Waals surface area contributed by atoms with Crippen molar-refractivity contribution in [2.24, 2.45) is 5.92 Å². The maximum absolute atomic E-state index is 11.9. The molecule has 2 aliphatic rings. The van der Waals surface area contributed by atoms with Crippen molar-refractivity contribution in [2.75, 3.05) is 31.1 Å². The quantitative estimate of drug-likeness (QED) is 0.625. The number of carbonyl (C=O) groups is 1. The summed E-state index contributed by atoms with van der Waals surface area (Å²) in [6.45, 7) is 4.96. The summed E-state index contributed by atoms with van der Waals surface area (Å²) in [6, 6.07) is 1.68. The molecule has 2 fully saturated rings. The molecule has 130 valence electrons. The first kappa shape index (κ1) is 16.7. The lowest BCUT2D eigenvalue weighted by Gasteiger charge is -2.36. The minimum atomic E-state index is -0.337. The highest BCUT2D eigenvalue weighted by atomic mass is 16.6. The molecule has 1 aromatic rings. The minimum Gasteiger partial charge on any atom is -0.351 e. The summed E-state index contributed by atoms with van der Waals surface area (Å²) in [5, 5.41) is 11.3. The maximum atomic E-state index is 11.9. The summed E-state index contributed by atoms with van der Waals surface area (Å²) < 4.78 is 0. The van der Waals surface area contributed by atoms with E-state index in [2.05, 4.69) is 4.98 Å². The van der Waals surface area contributed by atoms with Crippen LogP contribution in [0, 0.1) is 23.0 Å². The van der Waals surface area contributed by atoms with E-state index in [1.807, 2.05) is 9.80 Å². The molecule has 3 rings (SSSR count). The number of hydrogen-bond donors (Lipinski definition) is 0. The zero-order chi connectivity index (χ0) is 17.1. The first-order valence-corrected chi connectivity index (χ1v) is 8.69. The van der Waals surface area contributed by atoms with Crippen molar-refractivity contribution in [2.45, 2.75) is 39.0 Å². The van der Waals surface area contributed by atoms with Crippen LogP contribution in [-0.4, -0.2) is 46.9 Å². The SMILES string of the molecule is Cc1ccnc(N2CCC(CN3CCCCC3=O)CC2)c1[N+](=O)[O-]. The Bertz CT molecular complexity index is 626. The molecule has 3 heterocycles. The van der Waals surface area contributed by atoms with E-state index in [1.54, 1.807) is 19.2 Å². The average Bonchev–Trinajstić information content (AvgIpc) is 2.57. The Hall–Kier alpha value is -2.18. The summed E-state index contributed by atoms with van der Waals surface area (Å²) in [4.78, 5) is 31.2. The third-order valence-electron chi connectivity index (χ3n) is 5.10. The van der Waals surface area contributed by atoms with Gasteiger partial charge in [-0.1, -0.05) is 0 Å². The van der Waals surface area contributed by atoms with E-state index >= 15 is 0 Å². The molecule has 0 atom stereocenters. The topological polar surface area (TPSA) is 79.6 Å². The molecule has 0 N–H and O–H groups in total. The number of nitrogens with zero attached hydrogens (tertiary/aromatic N) is 4. The number of likely N-dealkylation sites (tertiary alicyclic amines) is 1. The summed E-state index contributed by atoms with van der Waals surface area (Å²) in [5.41, 5.74) is 0.758. The second-order valence-corrected chi connectivity index (χ2v) is 6.78. The van der Waals surface area contributed by atoms with E-state index in [4.69, 9.17) is 0 Å². The molecule has 2 saturated heterocycles. The summed E-state index contributed by atoms with van der Waals surface area (Å²) >= 11 is 0. The van der Waals surface area contributed by atoms with Crippen LogP contribution in [-0.2, 0) is 4.79 Å². The molecular weight excluding hydrogens is 308 g/mol. The van der Waals surface area contributed by atoms with E-state index < -0.39 is 0 Å².